The molecule has 0 saturated carbocycles. The van der Waals surface area contributed by atoms with E-state index in [9.17, 15) is 9.59 Å². The summed E-state index contributed by atoms with van der Waals surface area (Å²) in [5, 5.41) is 0.0854. The second-order valence-electron chi connectivity index (χ2n) is 5.92. The zero-order valence-electron chi connectivity index (χ0n) is 15.2. The first-order valence-corrected chi connectivity index (χ1v) is 9.60. The van der Waals surface area contributed by atoms with E-state index in [1.54, 1.807) is 38.7 Å². The predicted octanol–water partition coefficient (Wildman–Crippen LogP) is 3.89. The number of nitrogens with zero attached hydrogens (tertiary/aromatic N) is 2. The number of hydrogen-bond acceptors (Lipinski definition) is 5. The lowest BCUT2D eigenvalue weighted by Gasteiger charge is -2.17. The van der Waals surface area contributed by atoms with Crippen LogP contribution in [0.3, 0.4) is 0 Å². The van der Waals surface area contributed by atoms with Gasteiger partial charge in [-0.25, -0.2) is 9.78 Å². The summed E-state index contributed by atoms with van der Waals surface area (Å²) >= 11 is 7.69. The van der Waals surface area contributed by atoms with Gasteiger partial charge in [0.25, 0.3) is 5.91 Å². The zero-order chi connectivity index (χ0) is 19.3. The topological polar surface area (TPSA) is 59.5 Å². The van der Waals surface area contributed by atoms with Crippen molar-refractivity contribution >= 4 is 35.2 Å². The Hall–Kier alpha value is -2.05. The Morgan fingerprint density at radius 3 is 2.46 bits per heavy atom. The van der Waals surface area contributed by atoms with E-state index in [1.165, 1.54) is 4.90 Å². The van der Waals surface area contributed by atoms with Crippen molar-refractivity contribution in [3.8, 4) is 0 Å². The lowest BCUT2D eigenvalue weighted by Crippen LogP contribution is -2.31. The third-order valence-corrected chi connectivity index (χ3v) is 4.85. The highest BCUT2D eigenvalue weighted by Crippen LogP contribution is 2.20. The number of halogens is 1. The van der Waals surface area contributed by atoms with Crippen molar-refractivity contribution in [1.82, 2.24) is 9.88 Å². The fourth-order valence-electron chi connectivity index (χ4n) is 2.44. The molecule has 0 unspecified atom stereocenters. The van der Waals surface area contributed by atoms with Crippen LogP contribution in [0.1, 0.15) is 27.2 Å². The largest absolute Gasteiger partial charge is 0.452 e. The van der Waals surface area contributed by atoms with E-state index in [0.717, 1.165) is 10.5 Å². The molecule has 0 spiro atoms. The van der Waals surface area contributed by atoms with Crippen LogP contribution >= 0.6 is 23.4 Å². The number of carbonyl (C=O) groups is 2. The number of amides is 1. The molecule has 2 aromatic rings. The molecule has 1 aromatic heterocycles. The monoisotopic (exact) mass is 392 g/mol. The van der Waals surface area contributed by atoms with Gasteiger partial charge in [0.1, 0.15) is 5.15 Å². The summed E-state index contributed by atoms with van der Waals surface area (Å²) in [4.78, 5) is 31.2. The highest BCUT2D eigenvalue weighted by Gasteiger charge is 2.19. The number of likely N-dealkylation sites (N-methyl/N-ethyl adjacent to an activating group) is 1. The molecular formula is C19H21ClN2O3S. The lowest BCUT2D eigenvalue weighted by atomic mass is 10.1. The molecular weight excluding hydrogens is 372 g/mol. The van der Waals surface area contributed by atoms with Gasteiger partial charge in [0.05, 0.1) is 5.56 Å². The molecule has 2 rings (SSSR count). The quantitative estimate of drug-likeness (QED) is 0.424. The molecule has 0 aliphatic carbocycles. The van der Waals surface area contributed by atoms with Crippen LogP contribution in [-0.2, 0) is 16.1 Å². The molecule has 26 heavy (non-hydrogen) atoms. The molecule has 0 radical (unpaired) electrons. The third-order valence-electron chi connectivity index (χ3n) is 3.84. The van der Waals surface area contributed by atoms with E-state index >= 15 is 0 Å². The Kier molecular flexibility index (Phi) is 7.06. The average molecular weight is 393 g/mol. The first-order valence-electron chi connectivity index (χ1n) is 7.99. The molecule has 1 aromatic carbocycles. The van der Waals surface area contributed by atoms with Crippen LogP contribution in [0.25, 0.3) is 0 Å². The molecule has 0 aliphatic heterocycles. The maximum absolute atomic E-state index is 12.2. The number of carbonyl (C=O) groups excluding carboxylic acids is 2. The Morgan fingerprint density at radius 1 is 1.23 bits per heavy atom. The minimum Gasteiger partial charge on any atom is -0.452 e. The summed E-state index contributed by atoms with van der Waals surface area (Å²) in [6, 6.07) is 9.71. The molecule has 0 fully saturated rings. The van der Waals surface area contributed by atoms with Gasteiger partial charge in [0, 0.05) is 24.2 Å². The molecule has 0 saturated heterocycles. The number of aromatic nitrogens is 1. The Morgan fingerprint density at radius 2 is 1.88 bits per heavy atom. The summed E-state index contributed by atoms with van der Waals surface area (Å²) in [5.74, 6) is -0.938. The highest BCUT2D eigenvalue weighted by molar-refractivity contribution is 7.98. The van der Waals surface area contributed by atoms with Crippen LogP contribution < -0.4 is 0 Å². The number of esters is 1. The number of benzene rings is 1. The van der Waals surface area contributed by atoms with Gasteiger partial charge >= 0.3 is 5.97 Å². The Labute approximate surface area is 162 Å². The standard InChI is InChI=1S/C19H21ClN2O3S/c1-12-9-13(2)21-18(20)17(12)19(24)25-11-16(23)22(3)10-14-5-7-15(26-4)8-6-14/h5-9H,10-11H2,1-4H3. The Bertz CT molecular complexity index is 786. The Balaban J connectivity index is 1.93. The minimum absolute atomic E-state index is 0.0854. The fraction of sp³-hybridized carbons (Fsp3) is 0.316. The van der Waals surface area contributed by atoms with Crippen molar-refractivity contribution in [3.63, 3.8) is 0 Å². The SMILES string of the molecule is CSc1ccc(CN(C)C(=O)COC(=O)c2c(C)cc(C)nc2Cl)cc1. The van der Waals surface area contributed by atoms with Crippen LogP contribution in [0, 0.1) is 13.8 Å². The van der Waals surface area contributed by atoms with Crippen LogP contribution in [0.15, 0.2) is 35.2 Å². The summed E-state index contributed by atoms with van der Waals surface area (Å²) in [5.41, 5.74) is 2.58. The maximum Gasteiger partial charge on any atom is 0.342 e. The molecule has 0 N–H and O–H groups in total. The molecule has 138 valence electrons. The van der Waals surface area contributed by atoms with Crippen molar-refractivity contribution in [1.29, 1.82) is 0 Å². The lowest BCUT2D eigenvalue weighted by molar-refractivity contribution is -0.133. The molecule has 0 bridgehead atoms. The number of aryl methyl sites for hydroxylation is 2. The van der Waals surface area contributed by atoms with Gasteiger partial charge in [-0.3, -0.25) is 4.79 Å². The van der Waals surface area contributed by atoms with Crippen LogP contribution in [0.4, 0.5) is 0 Å². The number of rotatable bonds is 6. The van der Waals surface area contributed by atoms with Gasteiger partial charge < -0.3 is 9.64 Å². The zero-order valence-corrected chi connectivity index (χ0v) is 16.8. The van der Waals surface area contributed by atoms with Gasteiger partial charge in [0.15, 0.2) is 6.61 Å². The van der Waals surface area contributed by atoms with E-state index in [-0.39, 0.29) is 23.2 Å². The van der Waals surface area contributed by atoms with Crippen molar-refractivity contribution in [2.24, 2.45) is 0 Å². The molecule has 0 atom stereocenters. The van der Waals surface area contributed by atoms with Crippen molar-refractivity contribution in [2.75, 3.05) is 19.9 Å². The van der Waals surface area contributed by atoms with E-state index in [0.29, 0.717) is 17.8 Å². The normalized spacial score (nSPS) is 10.5. The highest BCUT2D eigenvalue weighted by atomic mass is 35.5. The van der Waals surface area contributed by atoms with Gasteiger partial charge in [-0.2, -0.15) is 0 Å². The van der Waals surface area contributed by atoms with Gasteiger partial charge in [-0.1, -0.05) is 23.7 Å². The second-order valence-corrected chi connectivity index (χ2v) is 7.16. The van der Waals surface area contributed by atoms with E-state index in [4.69, 9.17) is 16.3 Å². The summed E-state index contributed by atoms with van der Waals surface area (Å²) in [6.07, 6.45) is 2.01. The fourth-order valence-corrected chi connectivity index (χ4v) is 3.21. The summed E-state index contributed by atoms with van der Waals surface area (Å²) in [6.45, 7) is 3.64. The average Bonchev–Trinajstić information content (AvgIpc) is 2.59. The molecule has 0 aliphatic rings. The predicted molar refractivity (Wildman–Crippen MR) is 104 cm³/mol. The molecule has 1 heterocycles. The number of ether oxygens (including phenoxy) is 1. The number of pyridine rings is 1. The first kappa shape index (κ1) is 20.3. The maximum atomic E-state index is 12.2. The molecule has 1 amide bonds. The van der Waals surface area contributed by atoms with E-state index in [1.807, 2.05) is 30.5 Å². The van der Waals surface area contributed by atoms with Crippen LogP contribution in [0.5, 0.6) is 0 Å². The number of thioether (sulfide) groups is 1. The van der Waals surface area contributed by atoms with Crippen molar-refractivity contribution in [2.45, 2.75) is 25.3 Å². The van der Waals surface area contributed by atoms with E-state index < -0.39 is 5.97 Å². The molecule has 7 heteroatoms. The summed E-state index contributed by atoms with van der Waals surface area (Å²) < 4.78 is 5.13. The van der Waals surface area contributed by atoms with Gasteiger partial charge in [-0.05, 0) is 49.4 Å². The van der Waals surface area contributed by atoms with Gasteiger partial charge in [-0.15, -0.1) is 11.8 Å². The van der Waals surface area contributed by atoms with Gasteiger partial charge in [0.2, 0.25) is 0 Å². The van der Waals surface area contributed by atoms with Crippen molar-refractivity contribution in [3.05, 3.63) is 57.9 Å². The first-order chi connectivity index (χ1) is 12.3. The minimum atomic E-state index is -0.647. The van der Waals surface area contributed by atoms with E-state index in [2.05, 4.69) is 4.98 Å². The smallest absolute Gasteiger partial charge is 0.342 e. The van der Waals surface area contributed by atoms with Crippen LogP contribution in [-0.4, -0.2) is 41.7 Å². The van der Waals surface area contributed by atoms with Crippen molar-refractivity contribution < 1.29 is 14.3 Å². The van der Waals surface area contributed by atoms with Crippen LogP contribution in [0.2, 0.25) is 5.15 Å². The third kappa shape index (κ3) is 5.22. The second kappa shape index (κ2) is 9.05. The number of hydrogen-bond donors (Lipinski definition) is 0. The summed E-state index contributed by atoms with van der Waals surface area (Å²) in [7, 11) is 1.67. The molecule has 5 nitrogen and oxygen atoms in total.